The fraction of sp³-hybridized carbons (Fsp3) is 0.467. The highest BCUT2D eigenvalue weighted by Gasteiger charge is 2.22. The predicted octanol–water partition coefficient (Wildman–Crippen LogP) is 4.03. The number of nitrogens with zero attached hydrogens (tertiary/aromatic N) is 2. The molecule has 0 saturated heterocycles. The van der Waals surface area contributed by atoms with Gasteiger partial charge in [-0.05, 0) is 18.9 Å². The molecule has 1 fully saturated rings. The normalized spacial score (nSPS) is 16.9. The third-order valence-electron chi connectivity index (χ3n) is 3.98. The maximum absolute atomic E-state index is 13.8. The molecular formula is C15H17F2N3O. The van der Waals surface area contributed by atoms with E-state index in [1.807, 2.05) is 0 Å². The summed E-state index contributed by atoms with van der Waals surface area (Å²) < 4.78 is 32.1. The summed E-state index contributed by atoms with van der Waals surface area (Å²) >= 11 is 0. The molecule has 0 bridgehead atoms. The molecule has 1 saturated carbocycles. The van der Waals surface area contributed by atoms with E-state index in [1.54, 1.807) is 0 Å². The lowest BCUT2D eigenvalue weighted by Gasteiger charge is -2.07. The van der Waals surface area contributed by atoms with Gasteiger partial charge in [-0.3, -0.25) is 0 Å². The first kappa shape index (κ1) is 14.0. The second kappa shape index (κ2) is 5.79. The van der Waals surface area contributed by atoms with Crippen LogP contribution in [0.25, 0.3) is 11.5 Å². The summed E-state index contributed by atoms with van der Waals surface area (Å²) in [5.41, 5.74) is 5.37. The fourth-order valence-electron chi connectivity index (χ4n) is 2.78. The largest absolute Gasteiger partial charge is 0.396 e. The van der Waals surface area contributed by atoms with Crippen molar-refractivity contribution in [3.05, 3.63) is 29.6 Å². The van der Waals surface area contributed by atoms with Crippen molar-refractivity contribution < 1.29 is 13.3 Å². The maximum atomic E-state index is 13.8. The summed E-state index contributed by atoms with van der Waals surface area (Å²) in [7, 11) is 0. The Labute approximate surface area is 121 Å². The second-order valence-electron chi connectivity index (χ2n) is 5.50. The van der Waals surface area contributed by atoms with Crippen LogP contribution >= 0.6 is 0 Å². The number of benzene rings is 1. The van der Waals surface area contributed by atoms with E-state index in [2.05, 4.69) is 10.1 Å². The Kier molecular flexibility index (Phi) is 3.86. The number of hydrogen-bond acceptors (Lipinski definition) is 4. The maximum Gasteiger partial charge on any atom is 0.260 e. The number of anilines is 1. The summed E-state index contributed by atoms with van der Waals surface area (Å²) in [6, 6.07) is 1.93. The molecule has 1 aromatic carbocycles. The molecule has 4 nitrogen and oxygen atoms in total. The lowest BCUT2D eigenvalue weighted by atomic mass is 10.00. The van der Waals surface area contributed by atoms with Gasteiger partial charge in [-0.15, -0.1) is 0 Å². The number of aromatic nitrogens is 2. The molecule has 21 heavy (non-hydrogen) atoms. The Balaban J connectivity index is 1.89. The van der Waals surface area contributed by atoms with E-state index in [-0.39, 0.29) is 23.1 Å². The van der Waals surface area contributed by atoms with E-state index in [0.29, 0.717) is 5.82 Å². The molecule has 6 heteroatoms. The van der Waals surface area contributed by atoms with Gasteiger partial charge in [0, 0.05) is 12.0 Å². The van der Waals surface area contributed by atoms with Crippen LogP contribution in [0.15, 0.2) is 16.7 Å². The Morgan fingerprint density at radius 2 is 1.76 bits per heavy atom. The van der Waals surface area contributed by atoms with Crippen molar-refractivity contribution in [3.8, 4) is 11.5 Å². The number of nitrogens with two attached hydrogens (primary N) is 1. The molecule has 0 spiro atoms. The zero-order chi connectivity index (χ0) is 14.8. The van der Waals surface area contributed by atoms with Crippen LogP contribution in [0, 0.1) is 11.6 Å². The Morgan fingerprint density at radius 1 is 1.05 bits per heavy atom. The summed E-state index contributed by atoms with van der Waals surface area (Å²) in [5.74, 6) is -0.629. The third-order valence-corrected chi connectivity index (χ3v) is 3.98. The van der Waals surface area contributed by atoms with Gasteiger partial charge >= 0.3 is 0 Å². The first-order valence-electron chi connectivity index (χ1n) is 7.23. The summed E-state index contributed by atoms with van der Waals surface area (Å²) in [5, 5.41) is 3.96. The summed E-state index contributed by atoms with van der Waals surface area (Å²) in [6.07, 6.45) is 6.79. The molecular weight excluding hydrogens is 276 g/mol. The summed E-state index contributed by atoms with van der Waals surface area (Å²) in [6.45, 7) is 0. The van der Waals surface area contributed by atoms with E-state index in [1.165, 1.54) is 18.9 Å². The van der Waals surface area contributed by atoms with Gasteiger partial charge in [0.15, 0.2) is 5.82 Å². The smallest absolute Gasteiger partial charge is 0.260 e. The molecule has 0 atom stereocenters. The van der Waals surface area contributed by atoms with Crippen molar-refractivity contribution in [1.29, 1.82) is 0 Å². The van der Waals surface area contributed by atoms with Gasteiger partial charge in [0.25, 0.3) is 5.89 Å². The number of nitrogen functional groups attached to an aromatic ring is 1. The van der Waals surface area contributed by atoms with Crippen LogP contribution in [0.4, 0.5) is 14.5 Å². The highest BCUT2D eigenvalue weighted by molar-refractivity contribution is 5.61. The monoisotopic (exact) mass is 293 g/mol. The van der Waals surface area contributed by atoms with Gasteiger partial charge in [0.2, 0.25) is 0 Å². The van der Waals surface area contributed by atoms with Gasteiger partial charge < -0.3 is 10.3 Å². The molecule has 112 valence electrons. The molecule has 0 aliphatic heterocycles. The van der Waals surface area contributed by atoms with E-state index in [9.17, 15) is 8.78 Å². The van der Waals surface area contributed by atoms with Crippen LogP contribution in [0.3, 0.4) is 0 Å². The minimum Gasteiger partial charge on any atom is -0.396 e. The van der Waals surface area contributed by atoms with Crippen LogP contribution in [0.2, 0.25) is 0 Å². The molecule has 0 unspecified atom stereocenters. The van der Waals surface area contributed by atoms with Crippen LogP contribution in [0.1, 0.15) is 50.3 Å². The molecule has 1 aliphatic rings. The molecule has 2 aromatic rings. The standard InChI is InChI=1S/C15H17F2N3O/c16-11-8-12(17)13(18)7-10(11)15-19-14(20-21-15)9-5-3-1-2-4-6-9/h7-9H,1-6,18H2. The number of hydrogen-bond donors (Lipinski definition) is 1. The second-order valence-corrected chi connectivity index (χ2v) is 5.50. The number of rotatable bonds is 2. The molecule has 1 aliphatic carbocycles. The van der Waals surface area contributed by atoms with Crippen molar-refractivity contribution in [3.63, 3.8) is 0 Å². The van der Waals surface area contributed by atoms with Gasteiger partial charge in [0.05, 0.1) is 11.3 Å². The number of halogens is 2. The Morgan fingerprint density at radius 3 is 2.48 bits per heavy atom. The van der Waals surface area contributed by atoms with E-state index in [0.717, 1.165) is 31.7 Å². The Hall–Kier alpha value is -1.98. The Bertz CT molecular complexity index is 634. The lowest BCUT2D eigenvalue weighted by Crippen LogP contribution is -2.00. The molecule has 0 amide bonds. The molecule has 1 heterocycles. The van der Waals surface area contributed by atoms with Crippen LogP contribution < -0.4 is 5.73 Å². The van der Waals surface area contributed by atoms with Crippen molar-refractivity contribution in [2.75, 3.05) is 5.73 Å². The van der Waals surface area contributed by atoms with Crippen LogP contribution in [0.5, 0.6) is 0 Å². The van der Waals surface area contributed by atoms with Gasteiger partial charge in [-0.1, -0.05) is 30.8 Å². The van der Waals surface area contributed by atoms with Gasteiger partial charge in [-0.25, -0.2) is 8.78 Å². The van der Waals surface area contributed by atoms with Gasteiger partial charge in [-0.2, -0.15) is 4.98 Å². The van der Waals surface area contributed by atoms with E-state index in [4.69, 9.17) is 10.3 Å². The zero-order valence-corrected chi connectivity index (χ0v) is 11.6. The topological polar surface area (TPSA) is 64.9 Å². The van der Waals surface area contributed by atoms with Crippen molar-refractivity contribution in [2.45, 2.75) is 44.4 Å². The minimum atomic E-state index is -0.792. The highest BCUT2D eigenvalue weighted by Crippen LogP contribution is 2.32. The van der Waals surface area contributed by atoms with E-state index < -0.39 is 11.6 Å². The van der Waals surface area contributed by atoms with Crippen LogP contribution in [-0.2, 0) is 0 Å². The van der Waals surface area contributed by atoms with Crippen LogP contribution in [-0.4, -0.2) is 10.1 Å². The van der Waals surface area contributed by atoms with Crippen molar-refractivity contribution in [1.82, 2.24) is 10.1 Å². The molecule has 1 aromatic heterocycles. The first-order chi connectivity index (χ1) is 10.1. The van der Waals surface area contributed by atoms with Crippen molar-refractivity contribution >= 4 is 5.69 Å². The molecule has 0 radical (unpaired) electrons. The molecule has 3 rings (SSSR count). The average molecular weight is 293 g/mol. The quantitative estimate of drug-likeness (QED) is 0.670. The van der Waals surface area contributed by atoms with Gasteiger partial charge in [0.1, 0.15) is 11.6 Å². The van der Waals surface area contributed by atoms with Crippen molar-refractivity contribution in [2.24, 2.45) is 0 Å². The lowest BCUT2D eigenvalue weighted by molar-refractivity contribution is 0.408. The zero-order valence-electron chi connectivity index (χ0n) is 11.6. The summed E-state index contributed by atoms with van der Waals surface area (Å²) in [4.78, 5) is 4.28. The first-order valence-corrected chi connectivity index (χ1v) is 7.23. The van der Waals surface area contributed by atoms with E-state index >= 15 is 0 Å². The highest BCUT2D eigenvalue weighted by atomic mass is 19.1. The SMILES string of the molecule is Nc1cc(-c2nc(C3CCCCCC3)no2)c(F)cc1F. The predicted molar refractivity (Wildman–Crippen MR) is 74.5 cm³/mol. The molecule has 2 N–H and O–H groups in total. The average Bonchev–Trinajstić information content (AvgIpc) is 2.78. The minimum absolute atomic E-state index is 0.0428. The third kappa shape index (κ3) is 2.89. The fourth-order valence-corrected chi connectivity index (χ4v) is 2.78.